The predicted octanol–water partition coefficient (Wildman–Crippen LogP) is -3.61. The van der Waals surface area contributed by atoms with Gasteiger partial charge in [0.1, 0.15) is 6.54 Å². The van der Waals surface area contributed by atoms with Gasteiger partial charge in [0.15, 0.2) is 0 Å². The van der Waals surface area contributed by atoms with E-state index in [1.165, 1.54) is 0 Å². The summed E-state index contributed by atoms with van der Waals surface area (Å²) in [5.74, 6) is -1.44. The van der Waals surface area contributed by atoms with Gasteiger partial charge >= 0.3 is 0 Å². The Bertz CT molecular complexity index is 138. The quantitative estimate of drug-likeness (QED) is 0.275. The second kappa shape index (κ2) is 10.4. The summed E-state index contributed by atoms with van der Waals surface area (Å²) in [7, 11) is 0. The Morgan fingerprint density at radius 1 is 1.43 bits per heavy atom. The lowest BCUT2D eigenvalue weighted by molar-refractivity contribution is -0.666. The van der Waals surface area contributed by atoms with Crippen LogP contribution in [0.15, 0.2) is 0 Å². The fourth-order valence-electron chi connectivity index (χ4n) is 0.471. The van der Waals surface area contributed by atoms with Crippen molar-refractivity contribution in [3.63, 3.8) is 0 Å². The van der Waals surface area contributed by atoms with Gasteiger partial charge in [-0.1, -0.05) is 6.92 Å². The first kappa shape index (κ1) is 15.8. The molecule has 0 aliphatic rings. The number of aliphatic carboxylic acids is 1. The lowest BCUT2D eigenvalue weighted by atomic mass is 10.4. The third-order valence-electron chi connectivity index (χ3n) is 1.21. The highest BCUT2D eigenvalue weighted by Crippen LogP contribution is 1.69. The van der Waals surface area contributed by atoms with E-state index < -0.39 is 18.4 Å². The molecule has 86 valence electrons. The smallest absolute Gasteiger partial charge is 0.202 e. The molecule has 0 aliphatic carbocycles. The predicted molar refractivity (Wildman–Crippen MR) is 46.9 cm³/mol. The number of hydrogen-bond acceptors (Lipinski definition) is 5. The fourth-order valence-corrected chi connectivity index (χ4v) is 0.471. The summed E-state index contributed by atoms with van der Waals surface area (Å²) >= 11 is 0. The molecule has 0 bridgehead atoms. The molecule has 0 amide bonds. The summed E-state index contributed by atoms with van der Waals surface area (Å²) in [4.78, 5) is 9.34. The molecular formula is C8H19NO5. The van der Waals surface area contributed by atoms with Crippen LogP contribution in [-0.2, 0) is 4.79 Å². The van der Waals surface area contributed by atoms with E-state index in [9.17, 15) is 9.90 Å². The lowest BCUT2D eigenvalue weighted by Gasteiger charge is -2.00. The van der Waals surface area contributed by atoms with E-state index >= 15 is 0 Å². The highest BCUT2D eigenvalue weighted by molar-refractivity contribution is 5.68. The number of carboxylic acids is 1. The molecule has 0 rings (SSSR count). The van der Waals surface area contributed by atoms with Crippen LogP contribution in [-0.4, -0.2) is 46.8 Å². The Balaban J connectivity index is 0. The largest absolute Gasteiger partial charge is 0.547 e. The second-order valence-corrected chi connectivity index (χ2v) is 2.79. The van der Waals surface area contributed by atoms with Crippen LogP contribution < -0.4 is 10.4 Å². The van der Waals surface area contributed by atoms with Crippen molar-refractivity contribution in [1.29, 1.82) is 0 Å². The first-order valence-corrected chi connectivity index (χ1v) is 4.48. The third kappa shape index (κ3) is 17.4. The van der Waals surface area contributed by atoms with Crippen molar-refractivity contribution in [2.24, 2.45) is 0 Å². The molecule has 1 unspecified atom stereocenters. The molecular weight excluding hydrogens is 190 g/mol. The minimum Gasteiger partial charge on any atom is -0.547 e. The molecule has 6 heteroatoms. The first-order chi connectivity index (χ1) is 6.41. The number of aliphatic hydroxyl groups is 3. The van der Waals surface area contributed by atoms with Gasteiger partial charge in [-0.3, -0.25) is 0 Å². The maximum absolute atomic E-state index is 9.34. The molecule has 1 atom stereocenters. The molecule has 0 saturated carbocycles. The van der Waals surface area contributed by atoms with Crippen LogP contribution in [0.4, 0.5) is 0 Å². The van der Waals surface area contributed by atoms with Crippen molar-refractivity contribution < 1.29 is 30.5 Å². The van der Waals surface area contributed by atoms with Crippen molar-refractivity contribution in [1.82, 2.24) is 0 Å². The SMILES string of the molecule is CC(O)C(=O)[O-].CCC[NH2+]CC(O)O. The number of carbonyl (C=O) groups excluding carboxylic acids is 1. The molecule has 0 spiro atoms. The molecule has 0 radical (unpaired) electrons. The Kier molecular flexibility index (Phi) is 11.7. The van der Waals surface area contributed by atoms with E-state index in [2.05, 4.69) is 6.92 Å². The maximum atomic E-state index is 9.34. The molecule has 0 heterocycles. The normalized spacial score (nSPS) is 11.9. The van der Waals surface area contributed by atoms with Gasteiger partial charge in [-0.25, -0.2) is 0 Å². The van der Waals surface area contributed by atoms with Crippen molar-refractivity contribution in [3.05, 3.63) is 0 Å². The van der Waals surface area contributed by atoms with Crippen LogP contribution in [0, 0.1) is 0 Å². The Labute approximate surface area is 83.2 Å². The van der Waals surface area contributed by atoms with E-state index in [4.69, 9.17) is 15.3 Å². The van der Waals surface area contributed by atoms with Crippen molar-refractivity contribution in [2.75, 3.05) is 13.1 Å². The molecule has 6 nitrogen and oxygen atoms in total. The van der Waals surface area contributed by atoms with Crippen molar-refractivity contribution in [3.8, 4) is 0 Å². The molecule has 0 aromatic rings. The van der Waals surface area contributed by atoms with E-state index in [-0.39, 0.29) is 0 Å². The van der Waals surface area contributed by atoms with Gasteiger partial charge in [0.25, 0.3) is 0 Å². The zero-order valence-electron chi connectivity index (χ0n) is 8.51. The Morgan fingerprint density at radius 3 is 2.07 bits per heavy atom. The summed E-state index contributed by atoms with van der Waals surface area (Å²) in [5, 5.41) is 35.8. The van der Waals surface area contributed by atoms with Gasteiger partial charge in [0, 0.05) is 0 Å². The van der Waals surface area contributed by atoms with E-state index in [0.29, 0.717) is 6.54 Å². The van der Waals surface area contributed by atoms with Crippen LogP contribution in [0.5, 0.6) is 0 Å². The van der Waals surface area contributed by atoms with E-state index in [1.807, 2.05) is 5.32 Å². The van der Waals surface area contributed by atoms with Crippen LogP contribution in [0.1, 0.15) is 20.3 Å². The zero-order chi connectivity index (χ0) is 11.6. The average Bonchev–Trinajstić information content (AvgIpc) is 2.05. The van der Waals surface area contributed by atoms with Gasteiger partial charge in [0.05, 0.1) is 18.6 Å². The van der Waals surface area contributed by atoms with Crippen molar-refractivity contribution >= 4 is 5.97 Å². The highest BCUT2D eigenvalue weighted by Gasteiger charge is 1.95. The summed E-state index contributed by atoms with van der Waals surface area (Å²) in [6, 6.07) is 0. The monoisotopic (exact) mass is 209 g/mol. The molecule has 0 fully saturated rings. The van der Waals surface area contributed by atoms with Gasteiger partial charge < -0.3 is 30.5 Å². The maximum Gasteiger partial charge on any atom is 0.202 e. The standard InChI is InChI=1S/C5H13NO2.C3H6O3/c1-2-3-6-4-5(7)8;1-2(4)3(5)6/h5-8H,2-4H2,1H3;2,4H,1H3,(H,5,6). The molecule has 14 heavy (non-hydrogen) atoms. The van der Waals surface area contributed by atoms with Crippen LogP contribution >= 0.6 is 0 Å². The number of hydrogen-bond donors (Lipinski definition) is 4. The zero-order valence-corrected chi connectivity index (χ0v) is 8.51. The van der Waals surface area contributed by atoms with Gasteiger partial charge in [0.2, 0.25) is 6.29 Å². The first-order valence-electron chi connectivity index (χ1n) is 4.48. The minimum atomic E-state index is -1.44. The summed E-state index contributed by atoms with van der Waals surface area (Å²) in [6.07, 6.45) is -1.42. The average molecular weight is 209 g/mol. The van der Waals surface area contributed by atoms with Crippen LogP contribution in [0.25, 0.3) is 0 Å². The van der Waals surface area contributed by atoms with E-state index in [0.717, 1.165) is 19.9 Å². The third-order valence-corrected chi connectivity index (χ3v) is 1.21. The number of aliphatic hydroxyl groups excluding tert-OH is 2. The van der Waals surface area contributed by atoms with Crippen LogP contribution in [0.3, 0.4) is 0 Å². The lowest BCUT2D eigenvalue weighted by Crippen LogP contribution is -2.86. The summed E-state index contributed by atoms with van der Waals surface area (Å²) in [6.45, 7) is 4.56. The van der Waals surface area contributed by atoms with Gasteiger partial charge in [-0.15, -0.1) is 0 Å². The minimum absolute atomic E-state index is 0.397. The summed E-state index contributed by atoms with van der Waals surface area (Å²) in [5.41, 5.74) is 0. The van der Waals surface area contributed by atoms with E-state index in [1.54, 1.807) is 0 Å². The fraction of sp³-hybridized carbons (Fsp3) is 0.875. The highest BCUT2D eigenvalue weighted by atomic mass is 16.5. The second-order valence-electron chi connectivity index (χ2n) is 2.79. The number of quaternary nitrogens is 1. The topological polar surface area (TPSA) is 117 Å². The van der Waals surface area contributed by atoms with Gasteiger partial charge in [-0.05, 0) is 13.3 Å². The number of rotatable bonds is 5. The van der Waals surface area contributed by atoms with Gasteiger partial charge in [-0.2, -0.15) is 0 Å². The number of nitrogens with two attached hydrogens (primary N) is 1. The van der Waals surface area contributed by atoms with Crippen molar-refractivity contribution in [2.45, 2.75) is 32.7 Å². The Morgan fingerprint density at radius 2 is 1.86 bits per heavy atom. The van der Waals surface area contributed by atoms with Crippen LogP contribution in [0.2, 0.25) is 0 Å². The molecule has 0 saturated heterocycles. The summed E-state index contributed by atoms with van der Waals surface area (Å²) < 4.78 is 0. The number of carboxylic acid groups (broad SMARTS) is 1. The molecule has 0 aromatic heterocycles. The molecule has 5 N–H and O–H groups in total. The molecule has 0 aromatic carbocycles. The molecule has 0 aliphatic heterocycles. The Hall–Kier alpha value is -0.690. The number of carbonyl (C=O) groups is 1.